The zero-order chi connectivity index (χ0) is 58.5. The summed E-state index contributed by atoms with van der Waals surface area (Å²) in [6.45, 7) is 6.33. The van der Waals surface area contributed by atoms with E-state index < -0.39 is 6.10 Å². The third-order valence-electron chi connectivity index (χ3n) is 13.5. The Hall–Kier alpha value is -4.97. The minimum Gasteiger partial charge on any atom is -0.462 e. The van der Waals surface area contributed by atoms with Gasteiger partial charge in [0.2, 0.25) is 0 Å². The number of ether oxygens (including phenoxy) is 3. The Kier molecular flexibility index (Phi) is 63.4. The van der Waals surface area contributed by atoms with Gasteiger partial charge in [0.1, 0.15) is 13.2 Å². The van der Waals surface area contributed by atoms with Crippen LogP contribution in [0.4, 0.5) is 0 Å². The molecule has 0 bridgehead atoms. The van der Waals surface area contributed by atoms with Gasteiger partial charge in [0.15, 0.2) is 6.10 Å². The third kappa shape index (κ3) is 65.7. The lowest BCUT2D eigenvalue weighted by Crippen LogP contribution is -2.30. The van der Waals surface area contributed by atoms with Crippen molar-refractivity contribution in [2.45, 2.75) is 284 Å². The number of hydrogen-bond donors (Lipinski definition) is 0. The first-order chi connectivity index (χ1) is 40.0. The molecule has 0 rings (SSSR count). The van der Waals surface area contributed by atoms with E-state index in [1.54, 1.807) is 0 Å². The van der Waals surface area contributed by atoms with Gasteiger partial charge in [-0.25, -0.2) is 0 Å². The van der Waals surface area contributed by atoms with Crippen molar-refractivity contribution in [3.63, 3.8) is 0 Å². The molecule has 0 radical (unpaired) electrons. The molecule has 0 aliphatic heterocycles. The largest absolute Gasteiger partial charge is 0.462 e. The molecule has 0 aromatic heterocycles. The Morgan fingerprint density at radius 3 is 0.790 bits per heavy atom. The van der Waals surface area contributed by atoms with Gasteiger partial charge < -0.3 is 14.2 Å². The summed E-state index contributed by atoms with van der Waals surface area (Å²) in [7, 11) is 0. The summed E-state index contributed by atoms with van der Waals surface area (Å²) in [6, 6.07) is 0. The van der Waals surface area contributed by atoms with E-state index in [0.29, 0.717) is 19.3 Å². The first-order valence-corrected chi connectivity index (χ1v) is 33.0. The molecule has 0 spiro atoms. The number of unbranched alkanes of at least 4 members (excludes halogenated alkanes) is 21. The van der Waals surface area contributed by atoms with Gasteiger partial charge >= 0.3 is 17.9 Å². The van der Waals surface area contributed by atoms with E-state index in [1.165, 1.54) is 96.3 Å². The Morgan fingerprint density at radius 1 is 0.259 bits per heavy atom. The lowest BCUT2D eigenvalue weighted by atomic mass is 10.1. The van der Waals surface area contributed by atoms with Crippen LogP contribution in [-0.2, 0) is 28.6 Å². The molecule has 0 saturated carbocycles. The van der Waals surface area contributed by atoms with Gasteiger partial charge in [0, 0.05) is 19.3 Å². The standard InChI is InChI=1S/C75H120O6/c1-4-7-10-13-16-19-22-25-28-31-32-33-34-35-36-37-38-39-40-41-42-45-47-50-53-56-59-62-65-68-74(77)80-71-72(81-75(78)69-66-63-60-57-54-51-48-44-30-27-24-21-18-15-12-9-6-3)70-79-73(76)67-64-61-58-55-52-49-46-43-29-26-23-20-17-14-11-8-5-2/h7,9-10,12,16-21,25-30,32-33,35-36,38-39,48,51,57,60,72H,4-6,8,11,13-15,22-24,31,34,37,40-47,49-50,52-56,58-59,61-71H2,1-3H3/b10-7-,12-9-,19-16-,20-17-,21-18-,28-25-,29-26-,30-27-,33-32-,36-35-,39-38-,51-48-,60-57-. The van der Waals surface area contributed by atoms with E-state index in [4.69, 9.17) is 14.2 Å². The number of carbonyl (C=O) groups excluding carboxylic acids is 3. The Morgan fingerprint density at radius 2 is 0.494 bits per heavy atom. The maximum Gasteiger partial charge on any atom is 0.306 e. The fourth-order valence-corrected chi connectivity index (χ4v) is 8.63. The summed E-state index contributed by atoms with van der Waals surface area (Å²) in [5, 5.41) is 0. The zero-order valence-electron chi connectivity index (χ0n) is 52.2. The molecule has 0 amide bonds. The molecule has 456 valence electrons. The molecule has 0 aromatic rings. The van der Waals surface area contributed by atoms with Crippen molar-refractivity contribution >= 4 is 17.9 Å². The fraction of sp³-hybridized carbons (Fsp3) is 0.613. The predicted molar refractivity (Wildman–Crippen MR) is 352 cm³/mol. The minimum atomic E-state index is -0.822. The second-order valence-corrected chi connectivity index (χ2v) is 21.3. The number of rotatable bonds is 58. The smallest absolute Gasteiger partial charge is 0.306 e. The summed E-state index contributed by atoms with van der Waals surface area (Å²) in [5.74, 6) is -0.982. The summed E-state index contributed by atoms with van der Waals surface area (Å²) in [4.78, 5) is 38.4. The maximum atomic E-state index is 12.9. The number of esters is 3. The first-order valence-electron chi connectivity index (χ1n) is 33.0. The second kappa shape index (κ2) is 67.5. The van der Waals surface area contributed by atoms with E-state index in [0.717, 1.165) is 135 Å². The SMILES string of the molecule is CC/C=C\C/C=C\C/C=C\C/C=C\C/C=C\C/C=C\CCCCCCCCCCCCC(=O)OCC(COC(=O)CCCCCCCCC/C=C\C/C=C\CCCCC)OC(=O)CCC/C=C\C/C=C\C/C=C\C/C=C\C/C=C\CC. The minimum absolute atomic E-state index is 0.111. The number of hydrogen-bond acceptors (Lipinski definition) is 6. The second-order valence-electron chi connectivity index (χ2n) is 21.3. The van der Waals surface area contributed by atoms with Crippen LogP contribution in [0, 0.1) is 0 Å². The van der Waals surface area contributed by atoms with Crippen molar-refractivity contribution in [3.05, 3.63) is 158 Å². The molecule has 0 saturated heterocycles. The first kappa shape index (κ1) is 76.0. The van der Waals surface area contributed by atoms with Crippen LogP contribution >= 0.6 is 0 Å². The highest BCUT2D eigenvalue weighted by Crippen LogP contribution is 2.15. The van der Waals surface area contributed by atoms with Gasteiger partial charge in [-0.05, 0) is 141 Å². The maximum absolute atomic E-state index is 12.9. The summed E-state index contributed by atoms with van der Waals surface area (Å²) >= 11 is 0. The lowest BCUT2D eigenvalue weighted by Gasteiger charge is -2.18. The van der Waals surface area contributed by atoms with Crippen LogP contribution in [0.1, 0.15) is 278 Å². The van der Waals surface area contributed by atoms with Crippen molar-refractivity contribution in [3.8, 4) is 0 Å². The van der Waals surface area contributed by atoms with Gasteiger partial charge in [0.05, 0.1) is 0 Å². The monoisotopic (exact) mass is 1120 g/mol. The molecule has 0 aliphatic carbocycles. The van der Waals surface area contributed by atoms with Crippen molar-refractivity contribution in [2.24, 2.45) is 0 Å². The molecular formula is C75H120O6. The summed E-state index contributed by atoms with van der Waals surface area (Å²) in [6.07, 6.45) is 98.2. The molecule has 6 nitrogen and oxygen atoms in total. The Bertz CT molecular complexity index is 1810. The lowest BCUT2D eigenvalue weighted by molar-refractivity contribution is -0.167. The Labute approximate surface area is 499 Å². The van der Waals surface area contributed by atoms with E-state index in [1.807, 2.05) is 0 Å². The summed E-state index contributed by atoms with van der Waals surface area (Å²) < 4.78 is 16.9. The van der Waals surface area contributed by atoms with Gasteiger partial charge in [-0.2, -0.15) is 0 Å². The molecule has 0 N–H and O–H groups in total. The molecule has 0 fully saturated rings. The van der Waals surface area contributed by atoms with Crippen LogP contribution in [0.2, 0.25) is 0 Å². The Balaban J connectivity index is 4.42. The van der Waals surface area contributed by atoms with Gasteiger partial charge in [0.25, 0.3) is 0 Å². The fourth-order valence-electron chi connectivity index (χ4n) is 8.63. The average molecular weight is 1120 g/mol. The zero-order valence-corrected chi connectivity index (χ0v) is 52.2. The molecule has 0 heterocycles. The quantitative estimate of drug-likeness (QED) is 0.0261. The molecule has 1 atom stereocenters. The van der Waals surface area contributed by atoms with Gasteiger partial charge in [-0.3, -0.25) is 14.4 Å². The van der Waals surface area contributed by atoms with Crippen LogP contribution in [-0.4, -0.2) is 37.2 Å². The van der Waals surface area contributed by atoms with E-state index in [-0.39, 0.29) is 37.5 Å². The van der Waals surface area contributed by atoms with Crippen LogP contribution < -0.4 is 0 Å². The number of carbonyl (C=O) groups is 3. The highest BCUT2D eigenvalue weighted by Gasteiger charge is 2.19. The van der Waals surface area contributed by atoms with Crippen LogP contribution in [0.25, 0.3) is 0 Å². The van der Waals surface area contributed by atoms with Crippen molar-refractivity contribution in [2.75, 3.05) is 13.2 Å². The van der Waals surface area contributed by atoms with Gasteiger partial charge in [-0.15, -0.1) is 0 Å². The van der Waals surface area contributed by atoms with Crippen molar-refractivity contribution in [1.29, 1.82) is 0 Å². The normalized spacial score (nSPS) is 13.2. The molecule has 0 aromatic carbocycles. The molecular weight excluding hydrogens is 997 g/mol. The molecule has 0 aliphatic rings. The van der Waals surface area contributed by atoms with E-state index >= 15 is 0 Å². The van der Waals surface area contributed by atoms with Crippen LogP contribution in [0.15, 0.2) is 158 Å². The highest BCUT2D eigenvalue weighted by atomic mass is 16.6. The average Bonchev–Trinajstić information content (AvgIpc) is 3.47. The molecule has 1 unspecified atom stereocenters. The van der Waals surface area contributed by atoms with E-state index in [2.05, 4.69) is 179 Å². The van der Waals surface area contributed by atoms with Crippen LogP contribution in [0.3, 0.4) is 0 Å². The van der Waals surface area contributed by atoms with Gasteiger partial charge in [-0.1, -0.05) is 275 Å². The highest BCUT2D eigenvalue weighted by molar-refractivity contribution is 5.71. The van der Waals surface area contributed by atoms with Crippen LogP contribution in [0.5, 0.6) is 0 Å². The van der Waals surface area contributed by atoms with Crippen molar-refractivity contribution in [1.82, 2.24) is 0 Å². The predicted octanol–water partition coefficient (Wildman–Crippen LogP) is 22.9. The third-order valence-corrected chi connectivity index (χ3v) is 13.5. The number of allylic oxidation sites excluding steroid dienone is 26. The molecule has 81 heavy (non-hydrogen) atoms. The van der Waals surface area contributed by atoms with Crippen molar-refractivity contribution < 1.29 is 28.6 Å². The topological polar surface area (TPSA) is 78.9 Å². The van der Waals surface area contributed by atoms with E-state index in [9.17, 15) is 14.4 Å². The molecule has 6 heteroatoms. The summed E-state index contributed by atoms with van der Waals surface area (Å²) in [5.41, 5.74) is 0.